The summed E-state index contributed by atoms with van der Waals surface area (Å²) < 4.78 is 0. The molecule has 0 aliphatic carbocycles. The van der Waals surface area contributed by atoms with E-state index in [2.05, 4.69) is 0 Å². The highest BCUT2D eigenvalue weighted by molar-refractivity contribution is 5.95. The summed E-state index contributed by atoms with van der Waals surface area (Å²) in [6.45, 7) is 4.45. The highest BCUT2D eigenvalue weighted by Gasteiger charge is 2.23. The van der Waals surface area contributed by atoms with E-state index >= 15 is 0 Å². The maximum Gasteiger partial charge on any atom is 0.315 e. The molecule has 0 saturated heterocycles. The zero-order chi connectivity index (χ0) is 13.9. The first kappa shape index (κ1) is 13.8. The van der Waals surface area contributed by atoms with Crippen molar-refractivity contribution in [1.82, 2.24) is 4.90 Å². The molecular weight excluding hydrogens is 240 g/mol. The van der Waals surface area contributed by atoms with E-state index in [-0.39, 0.29) is 5.56 Å². The number of nitrogens with zero attached hydrogens (tertiary/aromatic N) is 2. The standard InChI is InChI=1S/C11H14N2O5/c1-3-12(4-2)11(16)7-5-8(13(17)18)10(15)9(14)6-7/h5-6,14-15H,3-4H2,1-2H3. The van der Waals surface area contributed by atoms with Gasteiger partial charge in [0.15, 0.2) is 5.75 Å². The van der Waals surface area contributed by atoms with Gasteiger partial charge in [-0.2, -0.15) is 0 Å². The lowest BCUT2D eigenvalue weighted by Gasteiger charge is -2.18. The number of phenolic OH excluding ortho intramolecular Hbond substituents is 2. The average Bonchev–Trinajstić information content (AvgIpc) is 2.33. The highest BCUT2D eigenvalue weighted by Crippen LogP contribution is 2.36. The molecule has 1 amide bonds. The third-order valence-corrected chi connectivity index (χ3v) is 2.56. The number of carbonyl (C=O) groups excluding carboxylic acids is 1. The number of nitro groups is 1. The van der Waals surface area contributed by atoms with Crippen LogP contribution in [0.25, 0.3) is 0 Å². The van der Waals surface area contributed by atoms with Crippen molar-refractivity contribution in [3.8, 4) is 11.5 Å². The summed E-state index contributed by atoms with van der Waals surface area (Å²) in [6.07, 6.45) is 0. The predicted octanol–water partition coefficient (Wildman–Crippen LogP) is 1.49. The van der Waals surface area contributed by atoms with Gasteiger partial charge >= 0.3 is 5.69 Å². The van der Waals surface area contributed by atoms with Gasteiger partial charge in [0.05, 0.1) is 10.5 Å². The van der Waals surface area contributed by atoms with Crippen molar-refractivity contribution < 1.29 is 19.9 Å². The first-order valence-corrected chi connectivity index (χ1v) is 5.42. The molecule has 0 radical (unpaired) electrons. The van der Waals surface area contributed by atoms with E-state index < -0.39 is 28.0 Å². The lowest BCUT2D eigenvalue weighted by Crippen LogP contribution is -2.30. The molecule has 98 valence electrons. The molecule has 0 atom stereocenters. The normalized spacial score (nSPS) is 10.1. The molecule has 7 nitrogen and oxygen atoms in total. The highest BCUT2D eigenvalue weighted by atomic mass is 16.6. The zero-order valence-corrected chi connectivity index (χ0v) is 10.1. The van der Waals surface area contributed by atoms with Crippen LogP contribution in [-0.2, 0) is 0 Å². The molecule has 0 unspecified atom stereocenters. The Hall–Kier alpha value is -2.31. The summed E-state index contributed by atoms with van der Waals surface area (Å²) >= 11 is 0. The SMILES string of the molecule is CCN(CC)C(=O)c1cc(O)c(O)c([N+](=O)[O-])c1. The Kier molecular flexibility index (Phi) is 4.09. The molecule has 0 bridgehead atoms. The van der Waals surface area contributed by atoms with Gasteiger partial charge in [-0.3, -0.25) is 14.9 Å². The Morgan fingerprint density at radius 3 is 2.33 bits per heavy atom. The Bertz CT molecular complexity index is 483. The molecule has 0 fully saturated rings. The van der Waals surface area contributed by atoms with Crippen LogP contribution in [0.5, 0.6) is 11.5 Å². The first-order valence-electron chi connectivity index (χ1n) is 5.42. The number of carbonyl (C=O) groups is 1. The minimum Gasteiger partial charge on any atom is -0.504 e. The molecule has 0 aromatic heterocycles. The third kappa shape index (κ3) is 2.50. The van der Waals surface area contributed by atoms with Gasteiger partial charge in [0, 0.05) is 19.2 Å². The van der Waals surface area contributed by atoms with Crippen LogP contribution in [0.2, 0.25) is 0 Å². The van der Waals surface area contributed by atoms with E-state index in [0.29, 0.717) is 13.1 Å². The van der Waals surface area contributed by atoms with E-state index in [1.165, 1.54) is 4.90 Å². The molecule has 1 rings (SSSR count). The summed E-state index contributed by atoms with van der Waals surface area (Å²) in [6, 6.07) is 1.97. The van der Waals surface area contributed by atoms with Gasteiger partial charge in [-0.25, -0.2) is 0 Å². The molecule has 1 aromatic carbocycles. The molecule has 0 heterocycles. The monoisotopic (exact) mass is 254 g/mol. The summed E-state index contributed by atoms with van der Waals surface area (Å²) in [5.41, 5.74) is -0.716. The maximum absolute atomic E-state index is 12.0. The van der Waals surface area contributed by atoms with Crippen molar-refractivity contribution in [3.63, 3.8) is 0 Å². The van der Waals surface area contributed by atoms with Crippen LogP contribution in [0.15, 0.2) is 12.1 Å². The van der Waals surface area contributed by atoms with Crippen LogP contribution in [0, 0.1) is 10.1 Å². The fourth-order valence-electron chi connectivity index (χ4n) is 1.56. The quantitative estimate of drug-likeness (QED) is 0.481. The second-order valence-electron chi connectivity index (χ2n) is 3.60. The molecule has 0 saturated carbocycles. The fourth-order valence-corrected chi connectivity index (χ4v) is 1.56. The molecule has 18 heavy (non-hydrogen) atoms. The van der Waals surface area contributed by atoms with Crippen molar-refractivity contribution >= 4 is 11.6 Å². The van der Waals surface area contributed by atoms with Crippen LogP contribution >= 0.6 is 0 Å². The van der Waals surface area contributed by atoms with Gasteiger partial charge in [0.2, 0.25) is 5.75 Å². The number of amides is 1. The summed E-state index contributed by atoms with van der Waals surface area (Å²) in [4.78, 5) is 23.2. The molecule has 0 aliphatic rings. The number of benzene rings is 1. The zero-order valence-electron chi connectivity index (χ0n) is 10.1. The second kappa shape index (κ2) is 5.35. The van der Waals surface area contributed by atoms with E-state index in [0.717, 1.165) is 12.1 Å². The van der Waals surface area contributed by atoms with Gasteiger partial charge < -0.3 is 15.1 Å². The Morgan fingerprint density at radius 1 is 1.33 bits per heavy atom. The molecule has 1 aromatic rings. The molecule has 7 heteroatoms. The Labute approximate surface area is 103 Å². The lowest BCUT2D eigenvalue weighted by atomic mass is 10.1. The fraction of sp³-hybridized carbons (Fsp3) is 0.364. The largest absolute Gasteiger partial charge is 0.504 e. The number of hydrogen-bond donors (Lipinski definition) is 2. The predicted molar refractivity (Wildman–Crippen MR) is 63.7 cm³/mol. The van der Waals surface area contributed by atoms with Crippen LogP contribution in [0.3, 0.4) is 0 Å². The third-order valence-electron chi connectivity index (χ3n) is 2.56. The van der Waals surface area contributed by atoms with Gasteiger partial charge in [0.1, 0.15) is 0 Å². The second-order valence-corrected chi connectivity index (χ2v) is 3.60. The van der Waals surface area contributed by atoms with Crippen molar-refractivity contribution in [3.05, 3.63) is 27.8 Å². The minimum atomic E-state index is -0.853. The number of aromatic hydroxyl groups is 2. The minimum absolute atomic E-state index is 0.0271. The summed E-state index contributed by atoms with van der Waals surface area (Å²) in [5.74, 6) is -1.95. The molecule has 0 spiro atoms. The van der Waals surface area contributed by atoms with Crippen molar-refractivity contribution in [2.24, 2.45) is 0 Å². The van der Waals surface area contributed by atoms with Crippen molar-refractivity contribution in [2.45, 2.75) is 13.8 Å². The number of hydrogen-bond acceptors (Lipinski definition) is 5. The maximum atomic E-state index is 12.0. The first-order chi connectivity index (χ1) is 8.42. The van der Waals surface area contributed by atoms with Crippen molar-refractivity contribution in [1.29, 1.82) is 0 Å². The Morgan fingerprint density at radius 2 is 1.89 bits per heavy atom. The Balaban J connectivity index is 3.26. The molecular formula is C11H14N2O5. The van der Waals surface area contributed by atoms with Crippen LogP contribution in [0.4, 0.5) is 5.69 Å². The average molecular weight is 254 g/mol. The van der Waals surface area contributed by atoms with Gasteiger partial charge in [-0.05, 0) is 19.9 Å². The number of rotatable bonds is 4. The van der Waals surface area contributed by atoms with E-state index in [4.69, 9.17) is 0 Å². The summed E-state index contributed by atoms with van der Waals surface area (Å²) in [7, 11) is 0. The lowest BCUT2D eigenvalue weighted by molar-refractivity contribution is -0.386. The van der Waals surface area contributed by atoms with Gasteiger partial charge in [0.25, 0.3) is 5.91 Å². The van der Waals surface area contributed by atoms with E-state index in [1.54, 1.807) is 13.8 Å². The number of phenols is 2. The van der Waals surface area contributed by atoms with Crippen LogP contribution in [-0.4, -0.2) is 39.0 Å². The van der Waals surface area contributed by atoms with Gasteiger partial charge in [-0.15, -0.1) is 0 Å². The molecule has 0 aliphatic heterocycles. The smallest absolute Gasteiger partial charge is 0.315 e. The number of nitro benzene ring substituents is 1. The van der Waals surface area contributed by atoms with E-state index in [1.807, 2.05) is 0 Å². The van der Waals surface area contributed by atoms with Crippen LogP contribution < -0.4 is 0 Å². The molecule has 2 N–H and O–H groups in total. The summed E-state index contributed by atoms with van der Waals surface area (Å²) in [5, 5.41) is 29.4. The van der Waals surface area contributed by atoms with E-state index in [9.17, 15) is 25.1 Å². The van der Waals surface area contributed by atoms with Crippen molar-refractivity contribution in [2.75, 3.05) is 13.1 Å². The van der Waals surface area contributed by atoms with Gasteiger partial charge in [-0.1, -0.05) is 0 Å². The van der Waals surface area contributed by atoms with Crippen LogP contribution in [0.1, 0.15) is 24.2 Å². The topological polar surface area (TPSA) is 104 Å².